The first-order valence-corrected chi connectivity index (χ1v) is 13.2. The minimum absolute atomic E-state index is 0.0104. The molecule has 4 heteroatoms. The van der Waals surface area contributed by atoms with Gasteiger partial charge in [0.05, 0.1) is 0 Å². The van der Waals surface area contributed by atoms with Crippen molar-refractivity contribution in [3.8, 4) is 0 Å². The van der Waals surface area contributed by atoms with Gasteiger partial charge in [-0.3, -0.25) is 9.59 Å². The highest BCUT2D eigenvalue weighted by atomic mass is 16.2. The van der Waals surface area contributed by atoms with E-state index in [-0.39, 0.29) is 11.8 Å². The Morgan fingerprint density at radius 2 is 1.49 bits per heavy atom. The summed E-state index contributed by atoms with van der Waals surface area (Å²) >= 11 is 0. The molecule has 0 spiro atoms. The van der Waals surface area contributed by atoms with Crippen LogP contribution in [0.2, 0.25) is 0 Å². The zero-order valence-corrected chi connectivity index (χ0v) is 21.8. The van der Waals surface area contributed by atoms with Gasteiger partial charge in [-0.05, 0) is 52.8 Å². The summed E-state index contributed by atoms with van der Waals surface area (Å²) in [6, 6.07) is 32.0. The average Bonchev–Trinajstić information content (AvgIpc) is 2.93. The summed E-state index contributed by atoms with van der Waals surface area (Å²) in [4.78, 5) is 29.2. The molecule has 1 atom stereocenters. The molecule has 0 unspecified atom stereocenters. The maximum atomic E-state index is 13.9. The van der Waals surface area contributed by atoms with Crippen molar-refractivity contribution in [3.05, 3.63) is 119 Å². The number of aryl methyl sites for hydroxylation is 2. The Morgan fingerprint density at radius 3 is 2.27 bits per heavy atom. The molecule has 0 saturated heterocycles. The van der Waals surface area contributed by atoms with Crippen LogP contribution in [0.3, 0.4) is 0 Å². The first kappa shape index (κ1) is 26.2. The summed E-state index contributed by atoms with van der Waals surface area (Å²) in [5.41, 5.74) is 4.36. The first-order valence-electron chi connectivity index (χ1n) is 13.2. The van der Waals surface area contributed by atoms with Crippen molar-refractivity contribution >= 4 is 22.6 Å². The van der Waals surface area contributed by atoms with Crippen LogP contribution in [0.25, 0.3) is 10.8 Å². The molecule has 37 heavy (non-hydrogen) atoms. The maximum absolute atomic E-state index is 13.9. The number of amides is 2. The number of nitrogens with one attached hydrogen (secondary N) is 1. The normalized spacial score (nSPS) is 11.7. The van der Waals surface area contributed by atoms with E-state index in [4.69, 9.17) is 0 Å². The molecule has 0 aliphatic rings. The van der Waals surface area contributed by atoms with Crippen LogP contribution in [0, 0.1) is 6.92 Å². The van der Waals surface area contributed by atoms with Crippen LogP contribution >= 0.6 is 0 Å². The Morgan fingerprint density at radius 1 is 0.811 bits per heavy atom. The number of hydrogen-bond acceptors (Lipinski definition) is 2. The van der Waals surface area contributed by atoms with Gasteiger partial charge in [-0.2, -0.15) is 0 Å². The lowest BCUT2D eigenvalue weighted by molar-refractivity contribution is -0.141. The number of fused-ring (bicyclic) bond motifs is 1. The van der Waals surface area contributed by atoms with Gasteiger partial charge in [0.25, 0.3) is 0 Å². The van der Waals surface area contributed by atoms with E-state index in [1.165, 1.54) is 10.8 Å². The van der Waals surface area contributed by atoms with Crippen LogP contribution in [-0.2, 0) is 29.0 Å². The van der Waals surface area contributed by atoms with Gasteiger partial charge in [-0.1, -0.05) is 104 Å². The third-order valence-corrected chi connectivity index (χ3v) is 6.91. The Labute approximate surface area is 220 Å². The Balaban J connectivity index is 1.64. The molecule has 0 fully saturated rings. The first-order chi connectivity index (χ1) is 18.1. The molecule has 0 aliphatic heterocycles. The molecule has 0 saturated carbocycles. The van der Waals surface area contributed by atoms with E-state index in [1.807, 2.05) is 73.7 Å². The summed E-state index contributed by atoms with van der Waals surface area (Å²) in [7, 11) is 0. The predicted octanol–water partition coefficient (Wildman–Crippen LogP) is 6.25. The van der Waals surface area contributed by atoms with E-state index in [0.29, 0.717) is 32.4 Å². The number of carbonyl (C=O) groups excluding carboxylic acids is 2. The van der Waals surface area contributed by atoms with E-state index in [9.17, 15) is 9.59 Å². The number of rotatable bonds is 11. The van der Waals surface area contributed by atoms with Crippen LogP contribution in [-0.4, -0.2) is 29.3 Å². The van der Waals surface area contributed by atoms with Crippen molar-refractivity contribution in [3.63, 3.8) is 0 Å². The third-order valence-electron chi connectivity index (χ3n) is 6.91. The van der Waals surface area contributed by atoms with Crippen LogP contribution in [0.5, 0.6) is 0 Å². The molecule has 1 N–H and O–H groups in total. The highest BCUT2D eigenvalue weighted by molar-refractivity contribution is 5.89. The minimum Gasteiger partial charge on any atom is -0.354 e. The molecular weight excluding hydrogens is 456 g/mol. The van der Waals surface area contributed by atoms with Crippen molar-refractivity contribution < 1.29 is 9.59 Å². The van der Waals surface area contributed by atoms with Gasteiger partial charge >= 0.3 is 0 Å². The third kappa shape index (κ3) is 6.85. The molecule has 4 aromatic carbocycles. The zero-order chi connectivity index (χ0) is 26.0. The smallest absolute Gasteiger partial charge is 0.243 e. The molecule has 0 aromatic heterocycles. The van der Waals surface area contributed by atoms with Crippen molar-refractivity contribution in [2.75, 3.05) is 6.54 Å². The van der Waals surface area contributed by atoms with Crippen molar-refractivity contribution in [1.82, 2.24) is 10.2 Å². The molecule has 4 nitrogen and oxygen atoms in total. The predicted molar refractivity (Wildman–Crippen MR) is 151 cm³/mol. The second kappa shape index (κ2) is 12.9. The monoisotopic (exact) mass is 492 g/mol. The lowest BCUT2D eigenvalue weighted by atomic mass is 9.98. The van der Waals surface area contributed by atoms with Gasteiger partial charge in [-0.25, -0.2) is 0 Å². The number of hydrogen-bond donors (Lipinski definition) is 1. The molecule has 0 heterocycles. The van der Waals surface area contributed by atoms with Gasteiger partial charge in [0.15, 0.2) is 0 Å². The second-order valence-corrected chi connectivity index (χ2v) is 9.58. The van der Waals surface area contributed by atoms with Crippen molar-refractivity contribution in [2.45, 2.75) is 52.1 Å². The fourth-order valence-corrected chi connectivity index (χ4v) is 4.79. The summed E-state index contributed by atoms with van der Waals surface area (Å²) in [5, 5.41) is 5.40. The fourth-order valence-electron chi connectivity index (χ4n) is 4.79. The van der Waals surface area contributed by atoms with Gasteiger partial charge in [0.2, 0.25) is 11.8 Å². The summed E-state index contributed by atoms with van der Waals surface area (Å²) in [6.07, 6.45) is 2.28. The van der Waals surface area contributed by atoms with Gasteiger partial charge in [0.1, 0.15) is 6.04 Å². The summed E-state index contributed by atoms with van der Waals surface area (Å²) in [5.74, 6) is -0.110. The van der Waals surface area contributed by atoms with Crippen molar-refractivity contribution in [1.29, 1.82) is 0 Å². The minimum atomic E-state index is -0.589. The van der Waals surface area contributed by atoms with E-state index in [2.05, 4.69) is 42.6 Å². The highest BCUT2D eigenvalue weighted by Gasteiger charge is 2.30. The number of benzene rings is 4. The van der Waals surface area contributed by atoms with Crippen LogP contribution in [0.1, 0.15) is 42.0 Å². The average molecular weight is 493 g/mol. The van der Waals surface area contributed by atoms with E-state index in [0.717, 1.165) is 28.7 Å². The van der Waals surface area contributed by atoms with Crippen LogP contribution < -0.4 is 5.32 Å². The van der Waals surface area contributed by atoms with Gasteiger partial charge < -0.3 is 10.2 Å². The zero-order valence-electron chi connectivity index (χ0n) is 21.8. The molecule has 0 radical (unpaired) electrons. The lowest BCUT2D eigenvalue weighted by Gasteiger charge is -2.32. The molecule has 4 rings (SSSR count). The SMILES string of the molecule is CCCNC(=O)[C@@H](Cc1ccccc1)N(Cc1ccccc1C)C(=O)CCc1cccc2ccccc12. The second-order valence-electron chi connectivity index (χ2n) is 9.58. The molecule has 2 amide bonds. The Kier molecular flexibility index (Phi) is 9.09. The Bertz CT molecular complexity index is 1330. The van der Waals surface area contributed by atoms with E-state index >= 15 is 0 Å². The standard InChI is InChI=1S/C33H36N2O2/c1-3-22-34-33(37)31(23-26-13-5-4-6-14-26)35(24-29-16-8-7-12-25(29)2)32(36)21-20-28-18-11-17-27-15-9-10-19-30(27)28/h4-19,31H,3,20-24H2,1-2H3,(H,34,37)/t31-/m1/s1. The van der Waals surface area contributed by atoms with E-state index in [1.54, 1.807) is 4.90 Å². The fraction of sp³-hybridized carbons (Fsp3) is 0.273. The number of carbonyl (C=O) groups is 2. The summed E-state index contributed by atoms with van der Waals surface area (Å²) < 4.78 is 0. The Hall–Kier alpha value is -3.92. The maximum Gasteiger partial charge on any atom is 0.243 e. The van der Waals surface area contributed by atoms with Crippen molar-refractivity contribution in [2.24, 2.45) is 0 Å². The quantitative estimate of drug-likeness (QED) is 0.269. The number of nitrogens with zero attached hydrogens (tertiary/aromatic N) is 1. The molecule has 4 aromatic rings. The van der Waals surface area contributed by atoms with Crippen LogP contribution in [0.15, 0.2) is 97.1 Å². The largest absolute Gasteiger partial charge is 0.354 e. The summed E-state index contributed by atoms with van der Waals surface area (Å²) in [6.45, 7) is 5.08. The van der Waals surface area contributed by atoms with Gasteiger partial charge in [-0.15, -0.1) is 0 Å². The lowest BCUT2D eigenvalue weighted by Crippen LogP contribution is -2.50. The topological polar surface area (TPSA) is 49.4 Å². The molecular formula is C33H36N2O2. The van der Waals surface area contributed by atoms with E-state index < -0.39 is 6.04 Å². The highest BCUT2D eigenvalue weighted by Crippen LogP contribution is 2.22. The molecule has 0 aliphatic carbocycles. The van der Waals surface area contributed by atoms with Crippen LogP contribution in [0.4, 0.5) is 0 Å². The molecule has 0 bridgehead atoms. The molecule has 190 valence electrons. The van der Waals surface area contributed by atoms with Gasteiger partial charge in [0, 0.05) is 25.9 Å².